The predicted octanol–water partition coefficient (Wildman–Crippen LogP) is 3.56. The van der Waals surface area contributed by atoms with E-state index in [1.165, 1.54) is 6.33 Å². The van der Waals surface area contributed by atoms with E-state index in [-0.39, 0.29) is 5.91 Å². The first-order valence-electron chi connectivity index (χ1n) is 8.64. The highest BCUT2D eigenvalue weighted by Gasteiger charge is 2.12. The van der Waals surface area contributed by atoms with Crippen molar-refractivity contribution in [3.05, 3.63) is 71.5 Å². The zero-order valence-electron chi connectivity index (χ0n) is 15.4. The molecule has 0 bridgehead atoms. The second kappa shape index (κ2) is 9.23. The molecular formula is C20H22N4O2S. The Morgan fingerprint density at radius 3 is 2.67 bits per heavy atom. The third-order valence-electron chi connectivity index (χ3n) is 4.09. The number of amides is 1. The van der Waals surface area contributed by atoms with Gasteiger partial charge in [0.25, 0.3) is 5.91 Å². The van der Waals surface area contributed by atoms with Crippen molar-refractivity contribution >= 4 is 17.7 Å². The van der Waals surface area contributed by atoms with E-state index in [9.17, 15) is 4.79 Å². The van der Waals surface area contributed by atoms with Gasteiger partial charge in [0.05, 0.1) is 6.54 Å². The molecule has 7 heteroatoms. The van der Waals surface area contributed by atoms with Crippen LogP contribution in [0.25, 0.3) is 0 Å². The fraction of sp³-hybridized carbons (Fsp3) is 0.250. The van der Waals surface area contributed by atoms with Crippen LogP contribution in [0.1, 0.15) is 21.5 Å². The Morgan fingerprint density at radius 1 is 1.19 bits per heavy atom. The Balaban J connectivity index is 1.48. The normalized spacial score (nSPS) is 10.6. The molecule has 0 radical (unpaired) electrons. The summed E-state index contributed by atoms with van der Waals surface area (Å²) in [6.45, 7) is 2.99. The molecule has 1 N–H and O–H groups in total. The molecule has 1 amide bonds. The third-order valence-corrected chi connectivity index (χ3v) is 5.04. The van der Waals surface area contributed by atoms with Crippen molar-refractivity contribution < 1.29 is 9.53 Å². The van der Waals surface area contributed by atoms with Crippen LogP contribution in [0.4, 0.5) is 0 Å². The van der Waals surface area contributed by atoms with Crippen LogP contribution in [0.15, 0.2) is 60.0 Å². The van der Waals surface area contributed by atoms with Crippen LogP contribution in [0.2, 0.25) is 0 Å². The molecular weight excluding hydrogens is 360 g/mol. The first-order chi connectivity index (χ1) is 13.1. The van der Waals surface area contributed by atoms with Crippen LogP contribution < -0.4 is 4.74 Å². The average molecular weight is 382 g/mol. The molecule has 27 heavy (non-hydrogen) atoms. The molecule has 1 heterocycles. The molecule has 1 aromatic heterocycles. The molecule has 0 aliphatic carbocycles. The Morgan fingerprint density at radius 2 is 1.96 bits per heavy atom. The number of nitrogens with zero attached hydrogens (tertiary/aromatic N) is 3. The molecule has 3 rings (SSSR count). The van der Waals surface area contributed by atoms with Gasteiger partial charge in [0.1, 0.15) is 18.7 Å². The van der Waals surface area contributed by atoms with Gasteiger partial charge in [-0.1, -0.05) is 42.1 Å². The molecule has 0 fully saturated rings. The lowest BCUT2D eigenvalue weighted by atomic mass is 10.1. The summed E-state index contributed by atoms with van der Waals surface area (Å²) in [5, 5.41) is 7.42. The topological polar surface area (TPSA) is 71.1 Å². The highest BCUT2D eigenvalue weighted by molar-refractivity contribution is 7.98. The number of likely N-dealkylation sites (N-methyl/N-ethyl adjacent to an activating group) is 1. The van der Waals surface area contributed by atoms with Gasteiger partial charge >= 0.3 is 0 Å². The third kappa shape index (κ3) is 5.34. The number of thioether (sulfide) groups is 1. The van der Waals surface area contributed by atoms with Gasteiger partial charge in [-0.2, -0.15) is 5.10 Å². The lowest BCUT2D eigenvalue weighted by molar-refractivity contribution is 0.0773. The van der Waals surface area contributed by atoms with Crippen LogP contribution >= 0.6 is 11.8 Å². The smallest absolute Gasteiger partial charge is 0.253 e. The molecule has 6 nitrogen and oxygen atoms in total. The van der Waals surface area contributed by atoms with Crippen LogP contribution in [-0.2, 0) is 5.75 Å². The number of hydrogen-bond acceptors (Lipinski definition) is 5. The van der Waals surface area contributed by atoms with Crippen LogP contribution in [0.3, 0.4) is 0 Å². The fourth-order valence-corrected chi connectivity index (χ4v) is 3.23. The molecule has 0 saturated heterocycles. The highest BCUT2D eigenvalue weighted by Crippen LogP contribution is 2.19. The minimum atomic E-state index is -0.0159. The first-order valence-corrected chi connectivity index (χ1v) is 9.63. The number of rotatable bonds is 8. The Labute approximate surface area is 163 Å². The quantitative estimate of drug-likeness (QED) is 0.603. The van der Waals surface area contributed by atoms with Gasteiger partial charge < -0.3 is 9.64 Å². The molecule has 2 aromatic carbocycles. The Bertz CT molecular complexity index is 866. The van der Waals surface area contributed by atoms with Crippen LogP contribution in [-0.4, -0.2) is 46.2 Å². The van der Waals surface area contributed by atoms with E-state index in [1.807, 2.05) is 55.5 Å². The second-order valence-corrected chi connectivity index (χ2v) is 7.08. The zero-order valence-corrected chi connectivity index (χ0v) is 16.2. The molecule has 0 saturated carbocycles. The zero-order chi connectivity index (χ0) is 19.1. The summed E-state index contributed by atoms with van der Waals surface area (Å²) in [6.07, 6.45) is 1.49. The maximum Gasteiger partial charge on any atom is 0.253 e. The molecule has 0 spiro atoms. The van der Waals surface area contributed by atoms with E-state index in [0.717, 1.165) is 27.8 Å². The molecule has 0 aliphatic heterocycles. The van der Waals surface area contributed by atoms with Crippen molar-refractivity contribution in [2.75, 3.05) is 20.2 Å². The standard InChI is InChI=1S/C20H22N4O2S/c1-15-5-3-4-6-18(15)26-12-11-24(2)19(25)17-9-7-16(8-10-17)13-27-20-21-14-22-23-20/h3-10,14H,11-13H2,1-2H3,(H,21,22,23). The number of hydrogen-bond donors (Lipinski definition) is 1. The SMILES string of the molecule is Cc1ccccc1OCCN(C)C(=O)c1ccc(CSc2ncn[nH]2)cc1. The van der Waals surface area contributed by atoms with Crippen molar-refractivity contribution in [3.63, 3.8) is 0 Å². The van der Waals surface area contributed by atoms with Gasteiger partial charge in [-0.05, 0) is 36.2 Å². The van der Waals surface area contributed by atoms with Crippen molar-refractivity contribution in [1.29, 1.82) is 0 Å². The number of nitrogens with one attached hydrogen (secondary N) is 1. The summed E-state index contributed by atoms with van der Waals surface area (Å²) in [5.41, 5.74) is 2.88. The largest absolute Gasteiger partial charge is 0.491 e. The molecule has 0 atom stereocenters. The van der Waals surface area contributed by atoms with Gasteiger partial charge in [0.15, 0.2) is 5.16 Å². The average Bonchev–Trinajstić information content (AvgIpc) is 3.21. The summed E-state index contributed by atoms with van der Waals surface area (Å²) in [4.78, 5) is 18.3. The predicted molar refractivity (Wildman–Crippen MR) is 106 cm³/mol. The summed E-state index contributed by atoms with van der Waals surface area (Å²) in [5.74, 6) is 1.61. The Hall–Kier alpha value is -2.80. The number of ether oxygens (including phenoxy) is 1. The highest BCUT2D eigenvalue weighted by atomic mass is 32.2. The van der Waals surface area contributed by atoms with E-state index < -0.39 is 0 Å². The monoisotopic (exact) mass is 382 g/mol. The van der Waals surface area contributed by atoms with E-state index in [4.69, 9.17) is 4.74 Å². The van der Waals surface area contributed by atoms with E-state index in [1.54, 1.807) is 23.7 Å². The second-order valence-electron chi connectivity index (χ2n) is 6.12. The first kappa shape index (κ1) is 19.0. The number of H-pyrrole nitrogens is 1. The minimum Gasteiger partial charge on any atom is -0.491 e. The van der Waals surface area contributed by atoms with Gasteiger partial charge in [0.2, 0.25) is 0 Å². The van der Waals surface area contributed by atoms with Crippen molar-refractivity contribution in [2.24, 2.45) is 0 Å². The number of carbonyl (C=O) groups is 1. The van der Waals surface area contributed by atoms with Gasteiger partial charge in [0, 0.05) is 18.4 Å². The number of aryl methyl sites for hydroxylation is 1. The lowest BCUT2D eigenvalue weighted by Crippen LogP contribution is -2.30. The molecule has 0 aliphatic rings. The number of carbonyl (C=O) groups excluding carboxylic acids is 1. The minimum absolute atomic E-state index is 0.0159. The summed E-state index contributed by atoms with van der Waals surface area (Å²) < 4.78 is 5.77. The van der Waals surface area contributed by atoms with E-state index in [0.29, 0.717) is 18.7 Å². The molecule has 3 aromatic rings. The van der Waals surface area contributed by atoms with Gasteiger partial charge in [-0.15, -0.1) is 0 Å². The summed E-state index contributed by atoms with van der Waals surface area (Å²) >= 11 is 1.57. The molecule has 140 valence electrons. The van der Waals surface area contributed by atoms with Crippen molar-refractivity contribution in [2.45, 2.75) is 17.8 Å². The van der Waals surface area contributed by atoms with Crippen LogP contribution in [0.5, 0.6) is 5.75 Å². The van der Waals surface area contributed by atoms with E-state index >= 15 is 0 Å². The Kier molecular flexibility index (Phi) is 6.49. The van der Waals surface area contributed by atoms with Gasteiger partial charge in [-0.3, -0.25) is 9.89 Å². The number of benzene rings is 2. The maximum atomic E-state index is 12.6. The number of para-hydroxylation sites is 1. The summed E-state index contributed by atoms with van der Waals surface area (Å²) in [7, 11) is 1.79. The summed E-state index contributed by atoms with van der Waals surface area (Å²) in [6, 6.07) is 15.5. The van der Waals surface area contributed by atoms with Crippen molar-refractivity contribution in [3.8, 4) is 5.75 Å². The van der Waals surface area contributed by atoms with Crippen molar-refractivity contribution in [1.82, 2.24) is 20.1 Å². The number of aromatic amines is 1. The molecule has 0 unspecified atom stereocenters. The lowest BCUT2D eigenvalue weighted by Gasteiger charge is -2.18. The van der Waals surface area contributed by atoms with Crippen LogP contribution in [0, 0.1) is 6.92 Å². The number of aromatic nitrogens is 3. The van der Waals surface area contributed by atoms with Gasteiger partial charge in [-0.25, -0.2) is 4.98 Å². The van der Waals surface area contributed by atoms with E-state index in [2.05, 4.69) is 15.2 Å². The fourth-order valence-electron chi connectivity index (χ4n) is 2.49. The maximum absolute atomic E-state index is 12.6.